The number of hydrogen-bond donors (Lipinski definition) is 0. The van der Waals surface area contributed by atoms with Crippen molar-refractivity contribution in [3.05, 3.63) is 11.8 Å². The topological polar surface area (TPSA) is 40.6 Å². The van der Waals surface area contributed by atoms with Crippen LogP contribution in [0.15, 0.2) is 11.8 Å². The quantitative estimate of drug-likeness (QED) is 0.657. The molecule has 2 aliphatic rings. The van der Waals surface area contributed by atoms with Crippen molar-refractivity contribution in [2.75, 3.05) is 13.1 Å². The van der Waals surface area contributed by atoms with E-state index in [4.69, 9.17) is 0 Å². The molecule has 0 bridgehead atoms. The molecule has 88 valence electrons. The number of carbonyl (C=O) groups excluding carboxylic acids is 2. The first-order valence-corrected chi connectivity index (χ1v) is 5.93. The second-order valence-corrected chi connectivity index (χ2v) is 4.44. The van der Waals surface area contributed by atoms with Gasteiger partial charge in [0.05, 0.1) is 6.04 Å². The van der Waals surface area contributed by atoms with Crippen LogP contribution in [0.1, 0.15) is 32.6 Å². The molecule has 1 unspecified atom stereocenters. The number of piperidine rings is 1. The number of amides is 2. The van der Waals surface area contributed by atoms with Gasteiger partial charge in [0, 0.05) is 25.7 Å². The van der Waals surface area contributed by atoms with E-state index in [-0.39, 0.29) is 11.9 Å². The molecule has 2 amide bonds. The van der Waals surface area contributed by atoms with Crippen molar-refractivity contribution in [1.29, 1.82) is 0 Å². The van der Waals surface area contributed by atoms with Gasteiger partial charge in [-0.3, -0.25) is 9.59 Å². The highest BCUT2D eigenvalue weighted by Crippen LogP contribution is 2.28. The van der Waals surface area contributed by atoms with Crippen LogP contribution in [-0.2, 0) is 9.59 Å². The molecule has 16 heavy (non-hydrogen) atoms. The molecule has 0 aromatic heterocycles. The van der Waals surface area contributed by atoms with Gasteiger partial charge in [-0.2, -0.15) is 0 Å². The van der Waals surface area contributed by atoms with Gasteiger partial charge in [-0.1, -0.05) is 6.08 Å². The zero-order chi connectivity index (χ0) is 11.5. The van der Waals surface area contributed by atoms with Crippen molar-refractivity contribution >= 4 is 12.3 Å². The zero-order valence-corrected chi connectivity index (χ0v) is 9.69. The second-order valence-electron chi connectivity index (χ2n) is 4.44. The summed E-state index contributed by atoms with van der Waals surface area (Å²) in [4.78, 5) is 26.1. The molecule has 0 N–H and O–H groups in total. The van der Waals surface area contributed by atoms with Gasteiger partial charge < -0.3 is 9.80 Å². The van der Waals surface area contributed by atoms with Crippen molar-refractivity contribution in [2.45, 2.75) is 38.6 Å². The van der Waals surface area contributed by atoms with Gasteiger partial charge in [-0.15, -0.1) is 0 Å². The summed E-state index contributed by atoms with van der Waals surface area (Å²) in [7, 11) is 0. The lowest BCUT2D eigenvalue weighted by atomic mass is 9.99. The third kappa shape index (κ3) is 1.96. The van der Waals surface area contributed by atoms with Crippen LogP contribution >= 0.6 is 0 Å². The van der Waals surface area contributed by atoms with E-state index in [0.29, 0.717) is 0 Å². The van der Waals surface area contributed by atoms with E-state index in [9.17, 15) is 9.59 Å². The van der Waals surface area contributed by atoms with Crippen LogP contribution in [0.2, 0.25) is 0 Å². The van der Waals surface area contributed by atoms with Gasteiger partial charge in [-0.05, 0) is 25.7 Å². The summed E-state index contributed by atoms with van der Waals surface area (Å²) >= 11 is 0. The molecule has 2 rings (SSSR count). The van der Waals surface area contributed by atoms with Crippen molar-refractivity contribution in [1.82, 2.24) is 9.80 Å². The fraction of sp³-hybridized carbons (Fsp3) is 0.667. The Labute approximate surface area is 95.9 Å². The van der Waals surface area contributed by atoms with E-state index < -0.39 is 0 Å². The maximum absolute atomic E-state index is 11.5. The lowest BCUT2D eigenvalue weighted by Crippen LogP contribution is -2.44. The summed E-state index contributed by atoms with van der Waals surface area (Å²) in [6.45, 7) is 3.18. The highest BCUT2D eigenvalue weighted by molar-refractivity contribution is 5.76. The summed E-state index contributed by atoms with van der Waals surface area (Å²) in [6, 6.07) is 0.123. The van der Waals surface area contributed by atoms with Gasteiger partial charge in [0.2, 0.25) is 12.3 Å². The summed E-state index contributed by atoms with van der Waals surface area (Å²) in [5.41, 5.74) is 1.04. The van der Waals surface area contributed by atoms with Crippen LogP contribution in [0.3, 0.4) is 0 Å². The van der Waals surface area contributed by atoms with Crippen LogP contribution < -0.4 is 0 Å². The largest absolute Gasteiger partial charge is 0.337 e. The average Bonchev–Trinajstić information content (AvgIpc) is 2.77. The lowest BCUT2D eigenvalue weighted by molar-refractivity contribution is -0.128. The Morgan fingerprint density at radius 1 is 1.44 bits per heavy atom. The fourth-order valence-corrected chi connectivity index (χ4v) is 2.63. The Morgan fingerprint density at radius 3 is 2.94 bits per heavy atom. The first-order chi connectivity index (χ1) is 7.74. The molecule has 2 aliphatic heterocycles. The van der Waals surface area contributed by atoms with Crippen molar-refractivity contribution in [3.63, 3.8) is 0 Å². The third-order valence-electron chi connectivity index (χ3n) is 3.42. The normalized spacial score (nSPS) is 25.6. The summed E-state index contributed by atoms with van der Waals surface area (Å²) in [5, 5.41) is 0. The highest BCUT2D eigenvalue weighted by Gasteiger charge is 2.31. The first kappa shape index (κ1) is 11.2. The minimum absolute atomic E-state index is 0.0835. The maximum atomic E-state index is 11.5. The Kier molecular flexibility index (Phi) is 3.27. The lowest BCUT2D eigenvalue weighted by Gasteiger charge is -2.36. The first-order valence-electron chi connectivity index (χ1n) is 5.93. The van der Waals surface area contributed by atoms with E-state index in [0.717, 1.165) is 50.9 Å². The number of hydrogen-bond acceptors (Lipinski definition) is 2. The predicted molar refractivity (Wildman–Crippen MR) is 60.5 cm³/mol. The van der Waals surface area contributed by atoms with Crippen molar-refractivity contribution in [3.8, 4) is 0 Å². The van der Waals surface area contributed by atoms with Gasteiger partial charge >= 0.3 is 0 Å². The van der Waals surface area contributed by atoms with Crippen LogP contribution in [-0.4, -0.2) is 41.2 Å². The molecular weight excluding hydrogens is 204 g/mol. The maximum Gasteiger partial charge on any atom is 0.223 e. The van der Waals surface area contributed by atoms with E-state index in [1.165, 1.54) is 0 Å². The summed E-state index contributed by atoms with van der Waals surface area (Å²) < 4.78 is 0. The van der Waals surface area contributed by atoms with Gasteiger partial charge in [0.1, 0.15) is 0 Å². The Bertz CT molecular complexity index is 325. The fourth-order valence-electron chi connectivity index (χ4n) is 2.63. The number of likely N-dealkylation sites (tertiary alicyclic amines) is 1. The third-order valence-corrected chi connectivity index (χ3v) is 3.42. The summed E-state index contributed by atoms with van der Waals surface area (Å²) in [6.07, 6.45) is 7.13. The van der Waals surface area contributed by atoms with E-state index in [1.807, 2.05) is 9.80 Å². The standard InChI is InChI=1S/C12H18N2O2/c1-10(16)14-8-4-6-12(14)11-5-2-3-7-13(11)9-15/h6,9,11H,2-5,7-8H2,1H3. The predicted octanol–water partition coefficient (Wildman–Crippen LogP) is 1.13. The molecule has 4 heteroatoms. The SMILES string of the molecule is CC(=O)N1CCC=C1C1CCCCN1C=O. The second kappa shape index (κ2) is 4.68. The molecule has 0 saturated carbocycles. The van der Waals surface area contributed by atoms with Crippen molar-refractivity contribution in [2.24, 2.45) is 0 Å². The molecule has 1 saturated heterocycles. The molecule has 0 spiro atoms. The molecule has 1 atom stereocenters. The van der Waals surface area contributed by atoms with Crippen LogP contribution in [0.25, 0.3) is 0 Å². The Balaban J connectivity index is 2.15. The van der Waals surface area contributed by atoms with Crippen molar-refractivity contribution < 1.29 is 9.59 Å². The molecule has 4 nitrogen and oxygen atoms in total. The zero-order valence-electron chi connectivity index (χ0n) is 9.69. The van der Waals surface area contributed by atoms with Gasteiger partial charge in [-0.25, -0.2) is 0 Å². The molecule has 0 aliphatic carbocycles. The van der Waals surface area contributed by atoms with Gasteiger partial charge in [0.15, 0.2) is 0 Å². The van der Waals surface area contributed by atoms with E-state index in [2.05, 4.69) is 6.08 Å². The summed E-state index contributed by atoms with van der Waals surface area (Å²) in [5.74, 6) is 0.0835. The highest BCUT2D eigenvalue weighted by atomic mass is 16.2. The average molecular weight is 222 g/mol. The van der Waals surface area contributed by atoms with Crippen LogP contribution in [0, 0.1) is 0 Å². The van der Waals surface area contributed by atoms with E-state index >= 15 is 0 Å². The number of carbonyl (C=O) groups is 2. The van der Waals surface area contributed by atoms with Gasteiger partial charge in [0.25, 0.3) is 0 Å². The molecular formula is C12H18N2O2. The minimum atomic E-state index is 0.0835. The Morgan fingerprint density at radius 2 is 2.25 bits per heavy atom. The van der Waals surface area contributed by atoms with Crippen LogP contribution in [0.5, 0.6) is 0 Å². The molecule has 0 aromatic rings. The van der Waals surface area contributed by atoms with E-state index in [1.54, 1.807) is 6.92 Å². The molecule has 1 fully saturated rings. The monoisotopic (exact) mass is 222 g/mol. The number of nitrogens with zero attached hydrogens (tertiary/aromatic N) is 2. The minimum Gasteiger partial charge on any atom is -0.337 e. The Hall–Kier alpha value is -1.32. The smallest absolute Gasteiger partial charge is 0.223 e. The molecule has 0 aromatic carbocycles. The molecule has 0 radical (unpaired) electrons. The van der Waals surface area contributed by atoms with Crippen LogP contribution in [0.4, 0.5) is 0 Å². The number of rotatable bonds is 2. The molecule has 2 heterocycles.